The highest BCUT2D eigenvalue weighted by molar-refractivity contribution is 9.10. The number of nitrogen functional groups attached to an aromatic ring is 1. The van der Waals surface area contributed by atoms with Gasteiger partial charge in [-0.15, -0.1) is 0 Å². The van der Waals surface area contributed by atoms with E-state index >= 15 is 0 Å². The van der Waals surface area contributed by atoms with Crippen LogP contribution in [0.15, 0.2) is 41.0 Å². The summed E-state index contributed by atoms with van der Waals surface area (Å²) in [5.41, 5.74) is 6.99. The summed E-state index contributed by atoms with van der Waals surface area (Å²) >= 11 is 3.36. The first-order valence-electron chi connectivity index (χ1n) is 5.81. The summed E-state index contributed by atoms with van der Waals surface area (Å²) in [7, 11) is 1.57. The van der Waals surface area contributed by atoms with Crippen LogP contribution in [0.25, 0.3) is 0 Å². The van der Waals surface area contributed by atoms with E-state index in [1.54, 1.807) is 19.2 Å². The van der Waals surface area contributed by atoms with E-state index < -0.39 is 5.97 Å². The molecule has 6 heteroatoms. The number of esters is 1. The van der Waals surface area contributed by atoms with Crippen LogP contribution in [0.4, 0.5) is 5.69 Å². The van der Waals surface area contributed by atoms with Crippen molar-refractivity contribution in [3.8, 4) is 5.75 Å². The number of aromatic nitrogens is 1. The maximum absolute atomic E-state index is 11.8. The van der Waals surface area contributed by atoms with Crippen molar-refractivity contribution in [3.05, 3.63) is 52.3 Å². The standard InChI is InChI=1S/C14H13BrN2O3/c1-19-13-5-2-10(15)6-9(13)8-20-14(18)12-4-3-11(16)7-17-12/h2-7H,8,16H2,1H3. The number of rotatable bonds is 4. The smallest absolute Gasteiger partial charge is 0.357 e. The molecular weight excluding hydrogens is 324 g/mol. The Labute approximate surface area is 124 Å². The monoisotopic (exact) mass is 336 g/mol. The third-order valence-electron chi connectivity index (χ3n) is 2.60. The number of hydrogen-bond acceptors (Lipinski definition) is 5. The van der Waals surface area contributed by atoms with Gasteiger partial charge in [0.1, 0.15) is 18.1 Å². The van der Waals surface area contributed by atoms with E-state index in [-0.39, 0.29) is 12.3 Å². The third kappa shape index (κ3) is 3.48. The fourth-order valence-electron chi connectivity index (χ4n) is 1.60. The number of methoxy groups -OCH3 is 1. The fraction of sp³-hybridized carbons (Fsp3) is 0.143. The van der Waals surface area contributed by atoms with Crippen LogP contribution in [0, 0.1) is 0 Å². The van der Waals surface area contributed by atoms with Gasteiger partial charge in [-0.2, -0.15) is 0 Å². The zero-order valence-electron chi connectivity index (χ0n) is 10.8. The van der Waals surface area contributed by atoms with Gasteiger partial charge in [-0.1, -0.05) is 15.9 Å². The maximum Gasteiger partial charge on any atom is 0.357 e. The molecule has 2 rings (SSSR count). The SMILES string of the molecule is COc1ccc(Br)cc1COC(=O)c1ccc(N)cn1. The molecule has 0 radical (unpaired) electrons. The van der Waals surface area contributed by atoms with Gasteiger partial charge < -0.3 is 15.2 Å². The van der Waals surface area contributed by atoms with E-state index in [4.69, 9.17) is 15.2 Å². The van der Waals surface area contributed by atoms with Gasteiger partial charge in [-0.3, -0.25) is 0 Å². The zero-order valence-corrected chi connectivity index (χ0v) is 12.4. The molecule has 0 atom stereocenters. The van der Waals surface area contributed by atoms with E-state index in [0.29, 0.717) is 11.4 Å². The number of nitrogens with zero attached hydrogens (tertiary/aromatic N) is 1. The first-order valence-corrected chi connectivity index (χ1v) is 6.60. The van der Waals surface area contributed by atoms with E-state index in [2.05, 4.69) is 20.9 Å². The molecule has 0 aliphatic heterocycles. The van der Waals surface area contributed by atoms with Crippen molar-refractivity contribution in [2.75, 3.05) is 12.8 Å². The second kappa shape index (κ2) is 6.38. The van der Waals surface area contributed by atoms with Gasteiger partial charge >= 0.3 is 5.97 Å². The minimum Gasteiger partial charge on any atom is -0.496 e. The Hall–Kier alpha value is -2.08. The lowest BCUT2D eigenvalue weighted by Gasteiger charge is -2.09. The molecule has 0 spiro atoms. The largest absolute Gasteiger partial charge is 0.496 e. The summed E-state index contributed by atoms with van der Waals surface area (Å²) < 4.78 is 11.3. The first-order chi connectivity index (χ1) is 9.60. The van der Waals surface area contributed by atoms with Gasteiger partial charge in [0.25, 0.3) is 0 Å². The lowest BCUT2D eigenvalue weighted by molar-refractivity contribution is 0.0463. The zero-order chi connectivity index (χ0) is 14.5. The summed E-state index contributed by atoms with van der Waals surface area (Å²) in [6.07, 6.45) is 1.41. The lowest BCUT2D eigenvalue weighted by Crippen LogP contribution is -2.08. The predicted molar refractivity (Wildman–Crippen MR) is 78.5 cm³/mol. The highest BCUT2D eigenvalue weighted by atomic mass is 79.9. The Morgan fingerprint density at radius 3 is 2.80 bits per heavy atom. The molecule has 0 aliphatic carbocycles. The number of pyridine rings is 1. The van der Waals surface area contributed by atoms with Gasteiger partial charge in [0.15, 0.2) is 0 Å². The number of nitrogens with two attached hydrogens (primary N) is 1. The van der Waals surface area contributed by atoms with Crippen LogP contribution in [0.1, 0.15) is 16.1 Å². The van der Waals surface area contributed by atoms with Gasteiger partial charge in [-0.05, 0) is 30.3 Å². The Bertz CT molecular complexity index is 614. The molecular formula is C14H13BrN2O3. The van der Waals surface area contributed by atoms with Crippen LogP contribution < -0.4 is 10.5 Å². The van der Waals surface area contributed by atoms with Crippen LogP contribution in [0.2, 0.25) is 0 Å². The van der Waals surface area contributed by atoms with E-state index in [1.165, 1.54) is 12.3 Å². The predicted octanol–water partition coefficient (Wildman–Crippen LogP) is 2.79. The van der Waals surface area contributed by atoms with Gasteiger partial charge in [0.05, 0.1) is 19.0 Å². The minimum absolute atomic E-state index is 0.105. The first kappa shape index (κ1) is 14.3. The summed E-state index contributed by atoms with van der Waals surface area (Å²) in [6.45, 7) is 0.105. The average Bonchev–Trinajstić information content (AvgIpc) is 2.45. The summed E-state index contributed by atoms with van der Waals surface area (Å²) in [4.78, 5) is 15.7. The van der Waals surface area contributed by atoms with Gasteiger partial charge in [-0.25, -0.2) is 9.78 Å². The molecule has 5 nitrogen and oxygen atoms in total. The van der Waals surface area contributed by atoms with Crippen LogP contribution >= 0.6 is 15.9 Å². The highest BCUT2D eigenvalue weighted by Gasteiger charge is 2.11. The number of benzene rings is 1. The fourth-order valence-corrected chi connectivity index (χ4v) is 2.01. The molecule has 0 bridgehead atoms. The summed E-state index contributed by atoms with van der Waals surface area (Å²) in [6, 6.07) is 8.61. The Morgan fingerprint density at radius 1 is 1.35 bits per heavy atom. The molecule has 2 N–H and O–H groups in total. The summed E-state index contributed by atoms with van der Waals surface area (Å²) in [5.74, 6) is 0.151. The molecule has 1 aromatic heterocycles. The number of hydrogen-bond donors (Lipinski definition) is 1. The summed E-state index contributed by atoms with van der Waals surface area (Å²) in [5, 5.41) is 0. The van der Waals surface area contributed by atoms with E-state index in [0.717, 1.165) is 10.0 Å². The van der Waals surface area contributed by atoms with Crippen molar-refractivity contribution in [2.45, 2.75) is 6.61 Å². The van der Waals surface area contributed by atoms with E-state index in [1.807, 2.05) is 12.1 Å². The number of ether oxygens (including phenoxy) is 2. The van der Waals surface area contributed by atoms with Crippen LogP contribution in [0.5, 0.6) is 5.75 Å². The van der Waals surface area contributed by atoms with E-state index in [9.17, 15) is 4.79 Å². The second-order valence-electron chi connectivity index (χ2n) is 4.01. The Morgan fingerprint density at radius 2 is 2.15 bits per heavy atom. The molecule has 0 saturated carbocycles. The minimum atomic E-state index is -0.507. The lowest BCUT2D eigenvalue weighted by atomic mass is 10.2. The van der Waals surface area contributed by atoms with Crippen molar-refractivity contribution in [1.82, 2.24) is 4.98 Å². The molecule has 1 aromatic carbocycles. The van der Waals surface area contributed by atoms with Crippen LogP contribution in [0.3, 0.4) is 0 Å². The van der Waals surface area contributed by atoms with Crippen molar-refractivity contribution in [1.29, 1.82) is 0 Å². The van der Waals surface area contributed by atoms with Crippen molar-refractivity contribution < 1.29 is 14.3 Å². The highest BCUT2D eigenvalue weighted by Crippen LogP contribution is 2.23. The molecule has 1 heterocycles. The Kier molecular flexibility index (Phi) is 4.57. The van der Waals surface area contributed by atoms with Crippen molar-refractivity contribution in [3.63, 3.8) is 0 Å². The Balaban J connectivity index is 2.06. The number of anilines is 1. The number of carbonyl (C=O) groups is 1. The molecule has 0 saturated heterocycles. The normalized spacial score (nSPS) is 10.1. The molecule has 20 heavy (non-hydrogen) atoms. The number of carbonyl (C=O) groups excluding carboxylic acids is 1. The van der Waals surface area contributed by atoms with Crippen molar-refractivity contribution in [2.24, 2.45) is 0 Å². The van der Waals surface area contributed by atoms with Crippen LogP contribution in [-0.2, 0) is 11.3 Å². The maximum atomic E-state index is 11.8. The third-order valence-corrected chi connectivity index (χ3v) is 3.09. The molecule has 104 valence electrons. The average molecular weight is 337 g/mol. The molecule has 0 unspecified atom stereocenters. The molecule has 0 fully saturated rings. The topological polar surface area (TPSA) is 74.4 Å². The molecule has 0 amide bonds. The number of halogens is 1. The van der Waals surface area contributed by atoms with Crippen molar-refractivity contribution >= 4 is 27.6 Å². The molecule has 2 aromatic rings. The molecule has 0 aliphatic rings. The quantitative estimate of drug-likeness (QED) is 0.869. The van der Waals surface area contributed by atoms with Gasteiger partial charge in [0.2, 0.25) is 0 Å². The van der Waals surface area contributed by atoms with Gasteiger partial charge in [0, 0.05) is 10.0 Å². The second-order valence-corrected chi connectivity index (χ2v) is 4.92. The van der Waals surface area contributed by atoms with Crippen LogP contribution in [-0.4, -0.2) is 18.1 Å².